The minimum atomic E-state index is -0.338. The maximum Gasteiger partial charge on any atom is 0.257 e. The van der Waals surface area contributed by atoms with Crippen LogP contribution >= 0.6 is 46.3 Å². The van der Waals surface area contributed by atoms with Crippen LogP contribution in [-0.2, 0) is 4.79 Å². The molecule has 2 amide bonds. The second-order valence-corrected chi connectivity index (χ2v) is 9.54. The highest BCUT2D eigenvalue weighted by molar-refractivity contribution is 8.00. The van der Waals surface area contributed by atoms with E-state index in [1.807, 2.05) is 32.0 Å². The van der Waals surface area contributed by atoms with Crippen molar-refractivity contribution >= 4 is 68.9 Å². The number of carbonyl (C=O) groups excluding carboxylic acids is 2. The molecule has 0 radical (unpaired) electrons. The van der Waals surface area contributed by atoms with Gasteiger partial charge in [-0.1, -0.05) is 47.5 Å². The third-order valence-electron chi connectivity index (χ3n) is 3.97. The van der Waals surface area contributed by atoms with Gasteiger partial charge in [0.05, 0.1) is 15.8 Å². The Morgan fingerprint density at radius 1 is 1.13 bits per heavy atom. The summed E-state index contributed by atoms with van der Waals surface area (Å²) in [6, 6.07) is 12.0. The van der Waals surface area contributed by atoms with Crippen LogP contribution in [0.5, 0.6) is 0 Å². The second kappa shape index (κ2) is 10.3. The summed E-state index contributed by atoms with van der Waals surface area (Å²) in [4.78, 5) is 26.0. The predicted molar refractivity (Wildman–Crippen MR) is 124 cm³/mol. The molecule has 0 spiro atoms. The van der Waals surface area contributed by atoms with E-state index in [2.05, 4.69) is 20.8 Å². The van der Waals surface area contributed by atoms with E-state index in [4.69, 9.17) is 23.2 Å². The Hall–Kier alpha value is -2.13. The first kappa shape index (κ1) is 22.6. The average Bonchev–Trinajstić information content (AvgIpc) is 3.10. The number of nitrogens with one attached hydrogen (secondary N) is 2. The van der Waals surface area contributed by atoms with Gasteiger partial charge in [0.15, 0.2) is 0 Å². The number of carbonyl (C=O) groups is 2. The summed E-state index contributed by atoms with van der Waals surface area (Å²) >= 11 is 14.7. The molecule has 30 heavy (non-hydrogen) atoms. The van der Waals surface area contributed by atoms with Crippen molar-refractivity contribution in [3.05, 3.63) is 63.1 Å². The molecule has 1 heterocycles. The summed E-state index contributed by atoms with van der Waals surface area (Å²) in [7, 11) is 0. The molecule has 2 aromatic carbocycles. The predicted octanol–water partition coefficient (Wildman–Crippen LogP) is 5.92. The van der Waals surface area contributed by atoms with Crippen LogP contribution in [-0.4, -0.2) is 27.3 Å². The summed E-state index contributed by atoms with van der Waals surface area (Å²) in [5.41, 5.74) is 0.934. The molecule has 2 N–H and O–H groups in total. The molecule has 1 atom stereocenters. The van der Waals surface area contributed by atoms with Crippen LogP contribution in [0.1, 0.15) is 28.7 Å². The van der Waals surface area contributed by atoms with Crippen LogP contribution in [0.15, 0.2) is 47.4 Å². The Morgan fingerprint density at radius 2 is 1.93 bits per heavy atom. The molecule has 1 unspecified atom stereocenters. The number of amides is 2. The monoisotopic (exact) mass is 480 g/mol. The fraction of sp³-hybridized carbons (Fsp3) is 0.200. The Balaban J connectivity index is 1.67. The quantitative estimate of drug-likeness (QED) is 0.410. The fourth-order valence-electron chi connectivity index (χ4n) is 2.54. The van der Waals surface area contributed by atoms with Gasteiger partial charge in [-0.2, -0.15) is 0 Å². The topological polar surface area (TPSA) is 84.0 Å². The zero-order valence-electron chi connectivity index (χ0n) is 16.1. The van der Waals surface area contributed by atoms with Crippen molar-refractivity contribution in [1.29, 1.82) is 0 Å². The van der Waals surface area contributed by atoms with Crippen LogP contribution in [0, 0.1) is 6.92 Å². The summed E-state index contributed by atoms with van der Waals surface area (Å²) in [5, 5.41) is 15.2. The fourth-order valence-corrected chi connectivity index (χ4v) is 4.64. The molecule has 0 saturated heterocycles. The van der Waals surface area contributed by atoms with Crippen molar-refractivity contribution in [1.82, 2.24) is 10.2 Å². The van der Waals surface area contributed by atoms with Crippen molar-refractivity contribution in [2.45, 2.75) is 30.4 Å². The lowest BCUT2D eigenvalue weighted by atomic mass is 10.2. The number of halogens is 2. The van der Waals surface area contributed by atoms with Crippen LogP contribution in [0.3, 0.4) is 0 Å². The normalized spacial score (nSPS) is 11.7. The van der Waals surface area contributed by atoms with Crippen molar-refractivity contribution in [2.24, 2.45) is 0 Å². The lowest BCUT2D eigenvalue weighted by Gasteiger charge is -2.14. The van der Waals surface area contributed by atoms with Gasteiger partial charge in [0, 0.05) is 15.6 Å². The number of anilines is 2. The van der Waals surface area contributed by atoms with E-state index in [1.165, 1.54) is 29.2 Å². The van der Waals surface area contributed by atoms with E-state index < -0.39 is 0 Å². The molecule has 10 heteroatoms. The number of rotatable bonds is 7. The van der Waals surface area contributed by atoms with Gasteiger partial charge in [-0.05, 0) is 49.7 Å². The molecule has 3 rings (SSSR count). The average molecular weight is 481 g/mol. The standard InChI is InChI=1S/C20H18Cl2N4O2S2/c1-3-17(19(28)24-20-26-25-11(2)29-20)30-14-6-4-5-13(10-14)23-18(27)15-8-7-12(21)9-16(15)22/h4-10,17H,3H2,1-2H3,(H,23,27)(H,24,26,28). The zero-order valence-corrected chi connectivity index (χ0v) is 19.3. The highest BCUT2D eigenvalue weighted by atomic mass is 35.5. The molecule has 0 aliphatic carbocycles. The van der Waals surface area contributed by atoms with Crippen molar-refractivity contribution in [3.63, 3.8) is 0 Å². The Labute approximate surface area is 192 Å². The molecule has 3 aromatic rings. The highest BCUT2D eigenvalue weighted by Crippen LogP contribution is 2.29. The van der Waals surface area contributed by atoms with Crippen molar-refractivity contribution in [3.8, 4) is 0 Å². The Morgan fingerprint density at radius 3 is 2.60 bits per heavy atom. The minimum Gasteiger partial charge on any atom is -0.322 e. The first-order chi connectivity index (χ1) is 14.4. The van der Waals surface area contributed by atoms with Crippen LogP contribution in [0.2, 0.25) is 10.0 Å². The number of benzene rings is 2. The number of hydrogen-bond donors (Lipinski definition) is 2. The smallest absolute Gasteiger partial charge is 0.257 e. The van der Waals surface area contributed by atoms with E-state index in [1.54, 1.807) is 18.2 Å². The third kappa shape index (κ3) is 5.95. The Kier molecular flexibility index (Phi) is 7.71. The first-order valence-corrected chi connectivity index (χ1v) is 11.4. The van der Waals surface area contributed by atoms with E-state index in [-0.39, 0.29) is 22.1 Å². The third-order valence-corrected chi connectivity index (χ3v) is 6.63. The summed E-state index contributed by atoms with van der Waals surface area (Å²) in [5.74, 6) is -0.476. The Bertz CT molecular complexity index is 1070. The molecule has 156 valence electrons. The molecule has 0 fully saturated rings. The molecular weight excluding hydrogens is 463 g/mol. The largest absolute Gasteiger partial charge is 0.322 e. The van der Waals surface area contributed by atoms with E-state index in [9.17, 15) is 9.59 Å². The molecule has 0 saturated carbocycles. The van der Waals surface area contributed by atoms with Gasteiger partial charge in [0.2, 0.25) is 11.0 Å². The molecule has 0 bridgehead atoms. The summed E-state index contributed by atoms with van der Waals surface area (Å²) in [6.07, 6.45) is 0.630. The van der Waals surface area contributed by atoms with Gasteiger partial charge in [-0.3, -0.25) is 14.9 Å². The van der Waals surface area contributed by atoms with Gasteiger partial charge in [0.25, 0.3) is 5.91 Å². The number of aryl methyl sites for hydroxylation is 1. The lowest BCUT2D eigenvalue weighted by Crippen LogP contribution is -2.24. The first-order valence-electron chi connectivity index (χ1n) is 8.99. The van der Waals surface area contributed by atoms with E-state index >= 15 is 0 Å². The van der Waals surface area contributed by atoms with Gasteiger partial charge < -0.3 is 5.32 Å². The number of aromatic nitrogens is 2. The lowest BCUT2D eigenvalue weighted by molar-refractivity contribution is -0.115. The molecular formula is C20H18Cl2N4O2S2. The van der Waals surface area contributed by atoms with E-state index in [0.29, 0.717) is 27.8 Å². The molecule has 0 aliphatic heterocycles. The maximum atomic E-state index is 12.6. The second-order valence-electron chi connectivity index (χ2n) is 6.24. The van der Waals surface area contributed by atoms with Crippen molar-refractivity contribution < 1.29 is 9.59 Å². The molecule has 0 aliphatic rings. The minimum absolute atomic E-state index is 0.138. The number of thioether (sulfide) groups is 1. The molecule has 1 aromatic heterocycles. The zero-order chi connectivity index (χ0) is 21.7. The van der Waals surface area contributed by atoms with Gasteiger partial charge >= 0.3 is 0 Å². The van der Waals surface area contributed by atoms with Crippen LogP contribution in [0.4, 0.5) is 10.8 Å². The van der Waals surface area contributed by atoms with E-state index in [0.717, 1.165) is 9.90 Å². The van der Waals surface area contributed by atoms with Gasteiger partial charge in [0.1, 0.15) is 5.01 Å². The highest BCUT2D eigenvalue weighted by Gasteiger charge is 2.20. The summed E-state index contributed by atoms with van der Waals surface area (Å²) in [6.45, 7) is 3.77. The van der Waals surface area contributed by atoms with Gasteiger partial charge in [-0.15, -0.1) is 22.0 Å². The number of nitrogens with zero attached hydrogens (tertiary/aromatic N) is 2. The maximum absolute atomic E-state index is 12.6. The SMILES string of the molecule is CCC(Sc1cccc(NC(=O)c2ccc(Cl)cc2Cl)c1)C(=O)Nc1nnc(C)s1. The summed E-state index contributed by atoms with van der Waals surface area (Å²) < 4.78 is 0. The molecule has 6 nitrogen and oxygen atoms in total. The van der Waals surface area contributed by atoms with Gasteiger partial charge in [-0.25, -0.2) is 0 Å². The number of hydrogen-bond acceptors (Lipinski definition) is 6. The van der Waals surface area contributed by atoms with Crippen LogP contribution < -0.4 is 10.6 Å². The van der Waals surface area contributed by atoms with Crippen LogP contribution in [0.25, 0.3) is 0 Å². The van der Waals surface area contributed by atoms with Crippen molar-refractivity contribution in [2.75, 3.05) is 10.6 Å².